The zero-order chi connectivity index (χ0) is 12.9. The lowest BCUT2D eigenvalue weighted by Gasteiger charge is -2.07. The quantitative estimate of drug-likeness (QED) is 0.409. The summed E-state index contributed by atoms with van der Waals surface area (Å²) >= 11 is 1.66. The topological polar surface area (TPSA) is 92.4 Å². The smallest absolute Gasteiger partial charge is 0.240 e. The molecule has 4 N–H and O–H groups in total. The van der Waals surface area contributed by atoms with Gasteiger partial charge in [0, 0.05) is 6.54 Å². The first-order chi connectivity index (χ1) is 7.97. The number of anilines is 1. The van der Waals surface area contributed by atoms with E-state index < -0.39 is 10.0 Å². The van der Waals surface area contributed by atoms with Crippen LogP contribution < -0.4 is 10.5 Å². The summed E-state index contributed by atoms with van der Waals surface area (Å²) in [6, 6.07) is 3.83. The molecule has 96 valence electrons. The summed E-state index contributed by atoms with van der Waals surface area (Å²) in [5, 5.41) is 9.21. The van der Waals surface area contributed by atoms with Gasteiger partial charge in [0.1, 0.15) is 5.75 Å². The SMILES string of the molecule is CSCCCNS(=O)(=O)c1ccc(O)c(N)c1. The zero-order valence-corrected chi connectivity index (χ0v) is 11.1. The summed E-state index contributed by atoms with van der Waals surface area (Å²) in [5.74, 6) is 0.784. The molecule has 0 unspecified atom stereocenters. The molecule has 0 saturated heterocycles. The van der Waals surface area contributed by atoms with E-state index in [1.165, 1.54) is 18.2 Å². The van der Waals surface area contributed by atoms with Crippen molar-refractivity contribution in [1.29, 1.82) is 0 Å². The van der Waals surface area contributed by atoms with Crippen LogP contribution >= 0.6 is 11.8 Å². The molecule has 0 aliphatic rings. The van der Waals surface area contributed by atoms with Crippen LogP contribution in [0, 0.1) is 0 Å². The molecule has 0 aliphatic heterocycles. The molecule has 0 aromatic heterocycles. The van der Waals surface area contributed by atoms with Gasteiger partial charge in [-0.1, -0.05) is 0 Å². The number of thioether (sulfide) groups is 1. The lowest BCUT2D eigenvalue weighted by atomic mass is 10.3. The summed E-state index contributed by atoms with van der Waals surface area (Å²) in [4.78, 5) is 0.0666. The molecule has 0 amide bonds. The fraction of sp³-hybridized carbons (Fsp3) is 0.400. The van der Waals surface area contributed by atoms with E-state index in [1.54, 1.807) is 11.8 Å². The highest BCUT2D eigenvalue weighted by atomic mass is 32.2. The summed E-state index contributed by atoms with van der Waals surface area (Å²) < 4.78 is 26.1. The molecule has 0 atom stereocenters. The van der Waals surface area contributed by atoms with Crippen molar-refractivity contribution >= 4 is 27.5 Å². The number of hydrogen-bond acceptors (Lipinski definition) is 5. The van der Waals surface area contributed by atoms with Gasteiger partial charge in [-0.05, 0) is 36.6 Å². The highest BCUT2D eigenvalue weighted by molar-refractivity contribution is 7.98. The third-order valence-electron chi connectivity index (χ3n) is 2.13. The molecule has 0 radical (unpaired) electrons. The van der Waals surface area contributed by atoms with E-state index in [0.29, 0.717) is 6.54 Å². The molecule has 0 heterocycles. The predicted molar refractivity (Wildman–Crippen MR) is 70.7 cm³/mol. The number of nitrogens with two attached hydrogens (primary N) is 1. The van der Waals surface area contributed by atoms with Crippen molar-refractivity contribution in [2.24, 2.45) is 0 Å². The number of rotatable bonds is 6. The minimum Gasteiger partial charge on any atom is -0.506 e. The van der Waals surface area contributed by atoms with Crippen molar-refractivity contribution in [3.05, 3.63) is 18.2 Å². The van der Waals surface area contributed by atoms with Crippen molar-refractivity contribution in [1.82, 2.24) is 4.72 Å². The standard InChI is InChI=1S/C10H16N2O3S2/c1-16-6-2-5-12-17(14,15)8-3-4-10(13)9(11)7-8/h3-4,7,12-13H,2,5-6,11H2,1H3. The van der Waals surface area contributed by atoms with E-state index in [4.69, 9.17) is 5.73 Å². The first-order valence-electron chi connectivity index (χ1n) is 5.04. The fourth-order valence-corrected chi connectivity index (χ4v) is 2.75. The summed E-state index contributed by atoms with van der Waals surface area (Å²) in [6.07, 6.45) is 2.74. The van der Waals surface area contributed by atoms with Crippen LogP contribution in [0.25, 0.3) is 0 Å². The molecule has 0 aliphatic carbocycles. The second-order valence-corrected chi connectivity index (χ2v) is 6.22. The van der Waals surface area contributed by atoms with Crippen molar-refractivity contribution in [2.75, 3.05) is 24.3 Å². The van der Waals surface area contributed by atoms with E-state index in [0.717, 1.165) is 12.2 Å². The molecule has 1 rings (SSSR count). The van der Waals surface area contributed by atoms with Gasteiger partial charge in [0.25, 0.3) is 0 Å². The Hall–Kier alpha value is -0.920. The van der Waals surface area contributed by atoms with Crippen LogP contribution in [0.5, 0.6) is 5.75 Å². The monoisotopic (exact) mass is 276 g/mol. The maximum absolute atomic E-state index is 11.8. The predicted octanol–water partition coefficient (Wildman–Crippen LogP) is 1.01. The van der Waals surface area contributed by atoms with Crippen LogP contribution in [0.3, 0.4) is 0 Å². The highest BCUT2D eigenvalue weighted by Crippen LogP contribution is 2.22. The van der Waals surface area contributed by atoms with Gasteiger partial charge < -0.3 is 10.8 Å². The number of nitrogens with one attached hydrogen (secondary N) is 1. The van der Waals surface area contributed by atoms with E-state index in [9.17, 15) is 13.5 Å². The van der Waals surface area contributed by atoms with Gasteiger partial charge in [0.2, 0.25) is 10.0 Å². The summed E-state index contributed by atoms with van der Waals surface area (Å²) in [6.45, 7) is 0.393. The number of sulfonamides is 1. The molecule has 17 heavy (non-hydrogen) atoms. The Kier molecular flexibility index (Phi) is 5.10. The van der Waals surface area contributed by atoms with Gasteiger partial charge in [0.05, 0.1) is 10.6 Å². The van der Waals surface area contributed by atoms with E-state index >= 15 is 0 Å². The average molecular weight is 276 g/mol. The number of benzene rings is 1. The van der Waals surface area contributed by atoms with Gasteiger partial charge in [-0.15, -0.1) is 0 Å². The molecule has 0 saturated carbocycles. The summed E-state index contributed by atoms with van der Waals surface area (Å²) in [7, 11) is -3.53. The van der Waals surface area contributed by atoms with E-state index in [1.807, 2.05) is 6.26 Å². The molecular formula is C10H16N2O3S2. The molecule has 0 spiro atoms. The van der Waals surface area contributed by atoms with Crippen molar-refractivity contribution in [3.8, 4) is 5.75 Å². The van der Waals surface area contributed by atoms with E-state index in [-0.39, 0.29) is 16.3 Å². The molecule has 7 heteroatoms. The Morgan fingerprint density at radius 3 is 2.76 bits per heavy atom. The zero-order valence-electron chi connectivity index (χ0n) is 9.51. The maximum atomic E-state index is 11.8. The third kappa shape index (κ3) is 4.10. The summed E-state index contributed by atoms with van der Waals surface area (Å²) in [5.41, 5.74) is 5.50. The van der Waals surface area contributed by atoms with Gasteiger partial charge in [-0.25, -0.2) is 13.1 Å². The first kappa shape index (κ1) is 14.1. The molecular weight excluding hydrogens is 260 g/mol. The van der Waals surface area contributed by atoms with Crippen molar-refractivity contribution in [2.45, 2.75) is 11.3 Å². The Balaban J connectivity index is 2.72. The lowest BCUT2D eigenvalue weighted by molar-refractivity contribution is 0.477. The normalized spacial score (nSPS) is 11.6. The van der Waals surface area contributed by atoms with Gasteiger partial charge >= 0.3 is 0 Å². The van der Waals surface area contributed by atoms with Gasteiger partial charge in [-0.2, -0.15) is 11.8 Å². The fourth-order valence-electron chi connectivity index (χ4n) is 1.21. The van der Waals surface area contributed by atoms with E-state index in [2.05, 4.69) is 4.72 Å². The lowest BCUT2D eigenvalue weighted by Crippen LogP contribution is -2.25. The largest absolute Gasteiger partial charge is 0.506 e. The molecule has 1 aromatic rings. The Morgan fingerprint density at radius 2 is 2.18 bits per heavy atom. The van der Waals surface area contributed by atoms with Crippen molar-refractivity contribution in [3.63, 3.8) is 0 Å². The number of hydrogen-bond donors (Lipinski definition) is 3. The van der Waals surface area contributed by atoms with Crippen LogP contribution in [0.2, 0.25) is 0 Å². The second-order valence-electron chi connectivity index (χ2n) is 3.46. The van der Waals surface area contributed by atoms with Crippen LogP contribution in [-0.4, -0.2) is 32.1 Å². The highest BCUT2D eigenvalue weighted by Gasteiger charge is 2.14. The number of aromatic hydroxyl groups is 1. The Bertz CT molecular complexity index is 474. The van der Waals surface area contributed by atoms with Crippen LogP contribution in [0.15, 0.2) is 23.1 Å². The second kappa shape index (κ2) is 6.13. The van der Waals surface area contributed by atoms with Gasteiger partial charge in [-0.3, -0.25) is 0 Å². The minimum atomic E-state index is -3.53. The van der Waals surface area contributed by atoms with Crippen LogP contribution in [-0.2, 0) is 10.0 Å². The minimum absolute atomic E-state index is 0.0528. The number of phenols is 1. The number of nitrogen functional groups attached to an aromatic ring is 1. The molecule has 5 nitrogen and oxygen atoms in total. The Morgan fingerprint density at radius 1 is 1.47 bits per heavy atom. The molecule has 0 fully saturated rings. The molecule has 0 bridgehead atoms. The third-order valence-corrected chi connectivity index (χ3v) is 4.28. The van der Waals surface area contributed by atoms with Crippen molar-refractivity contribution < 1.29 is 13.5 Å². The number of phenolic OH excluding ortho intramolecular Hbond substituents is 1. The van der Waals surface area contributed by atoms with Crippen LogP contribution in [0.4, 0.5) is 5.69 Å². The maximum Gasteiger partial charge on any atom is 0.240 e. The molecule has 1 aromatic carbocycles. The van der Waals surface area contributed by atoms with Crippen LogP contribution in [0.1, 0.15) is 6.42 Å². The van der Waals surface area contributed by atoms with Gasteiger partial charge in [0.15, 0.2) is 0 Å². The average Bonchev–Trinajstić information content (AvgIpc) is 2.28. The Labute approximate surface area is 105 Å². The first-order valence-corrected chi connectivity index (χ1v) is 7.92.